The molecule has 4 unspecified atom stereocenters. The van der Waals surface area contributed by atoms with Crippen molar-refractivity contribution >= 4 is 0 Å². The van der Waals surface area contributed by atoms with Gasteiger partial charge in [0.05, 0.1) is 27.4 Å². The first-order valence-corrected chi connectivity index (χ1v) is 14.3. The van der Waals surface area contributed by atoms with Crippen LogP contribution in [0.15, 0.2) is 116 Å². The van der Waals surface area contributed by atoms with Crippen LogP contribution in [0.4, 0.5) is 0 Å². The summed E-state index contributed by atoms with van der Waals surface area (Å²) < 4.78 is 36.8. The van der Waals surface area contributed by atoms with Gasteiger partial charge in [0.15, 0.2) is 0 Å². The van der Waals surface area contributed by atoms with Gasteiger partial charge in [-0.25, -0.2) is 0 Å². The lowest BCUT2D eigenvalue weighted by molar-refractivity contribution is -0.185. The largest absolute Gasteiger partial charge is 0.497 e. The molecular formula is C36H36O7. The van der Waals surface area contributed by atoms with Crippen molar-refractivity contribution in [2.45, 2.75) is 29.5 Å². The van der Waals surface area contributed by atoms with E-state index in [1.54, 1.807) is 20.3 Å². The first-order chi connectivity index (χ1) is 21.0. The average molecular weight is 581 g/mol. The van der Waals surface area contributed by atoms with Gasteiger partial charge in [-0.05, 0) is 47.0 Å². The lowest BCUT2D eigenvalue weighted by Crippen LogP contribution is -2.48. The smallest absolute Gasteiger partial charge is 0.144 e. The van der Waals surface area contributed by atoms with Crippen LogP contribution in [0.3, 0.4) is 0 Å². The Kier molecular flexibility index (Phi) is 8.23. The van der Waals surface area contributed by atoms with Gasteiger partial charge in [0.1, 0.15) is 53.4 Å². The van der Waals surface area contributed by atoms with Gasteiger partial charge in [0, 0.05) is 5.56 Å². The molecule has 2 saturated heterocycles. The van der Waals surface area contributed by atoms with Crippen LogP contribution in [0.1, 0.15) is 28.4 Å². The number of aliphatic hydroxyl groups excluding tert-OH is 1. The van der Waals surface area contributed by atoms with E-state index < -0.39 is 29.5 Å². The van der Waals surface area contributed by atoms with Gasteiger partial charge in [-0.15, -0.1) is 0 Å². The molecule has 0 radical (unpaired) electrons. The second-order valence-corrected chi connectivity index (χ2v) is 10.8. The monoisotopic (exact) mass is 580 g/mol. The number of hydrogen-bond donors (Lipinski definition) is 1. The van der Waals surface area contributed by atoms with E-state index in [4.69, 9.17) is 28.4 Å². The molecule has 1 N–H and O–H groups in total. The summed E-state index contributed by atoms with van der Waals surface area (Å²) >= 11 is 0. The van der Waals surface area contributed by atoms with Crippen LogP contribution in [-0.2, 0) is 19.8 Å². The third kappa shape index (κ3) is 5.19. The van der Waals surface area contributed by atoms with E-state index in [1.165, 1.54) is 0 Å². The van der Waals surface area contributed by atoms with Crippen LogP contribution in [0.5, 0.6) is 17.2 Å². The number of hydrogen-bond acceptors (Lipinski definition) is 7. The van der Waals surface area contributed by atoms with Crippen LogP contribution < -0.4 is 14.2 Å². The van der Waals surface area contributed by atoms with Crippen LogP contribution >= 0.6 is 0 Å². The summed E-state index contributed by atoms with van der Waals surface area (Å²) in [5.74, 6) is 2.14. The highest BCUT2D eigenvalue weighted by molar-refractivity contribution is 5.50. The quantitative estimate of drug-likeness (QED) is 0.167. The SMILES string of the molecule is C=CCOc1ccccc1C1OC2(COC(c3ccccc3)(c3ccc(OC)cc3)c3ccc(OC)cc3)COC1C2O. The number of fused-ring (bicyclic) bond motifs is 2. The zero-order chi connectivity index (χ0) is 29.9. The van der Waals surface area contributed by atoms with Crippen molar-refractivity contribution in [3.05, 3.63) is 138 Å². The predicted octanol–water partition coefficient (Wildman–Crippen LogP) is 5.85. The van der Waals surface area contributed by atoms with Crippen LogP contribution in [0.25, 0.3) is 0 Å². The van der Waals surface area contributed by atoms with Gasteiger partial charge >= 0.3 is 0 Å². The fourth-order valence-corrected chi connectivity index (χ4v) is 6.09. The van der Waals surface area contributed by atoms with Gasteiger partial charge in [-0.1, -0.05) is 85.5 Å². The molecule has 222 valence electrons. The van der Waals surface area contributed by atoms with Crippen molar-refractivity contribution in [2.24, 2.45) is 0 Å². The fourth-order valence-electron chi connectivity index (χ4n) is 6.09. The van der Waals surface area contributed by atoms with Crippen LogP contribution in [0, 0.1) is 0 Å². The van der Waals surface area contributed by atoms with E-state index in [2.05, 4.69) is 6.58 Å². The topological polar surface area (TPSA) is 75.6 Å². The molecule has 4 atom stereocenters. The summed E-state index contributed by atoms with van der Waals surface area (Å²) in [4.78, 5) is 0. The van der Waals surface area contributed by atoms with Crippen molar-refractivity contribution < 1.29 is 33.5 Å². The fraction of sp³-hybridized carbons (Fsp3) is 0.278. The zero-order valence-electron chi connectivity index (χ0n) is 24.3. The van der Waals surface area contributed by atoms with Crippen molar-refractivity contribution in [3.63, 3.8) is 0 Å². The van der Waals surface area contributed by atoms with Crippen molar-refractivity contribution in [3.8, 4) is 17.2 Å². The standard InChI is InChI=1S/C36H36O7/c1-4-22-40-31-13-9-8-12-30(31)32-33-34(37)35(43-32,23-41-33)24-42-36(25-10-6-5-7-11-25,26-14-18-28(38-2)19-15-26)27-16-20-29(39-3)21-17-27/h4-21,32-34,37H,1,22-24H2,2-3H3. The second-order valence-electron chi connectivity index (χ2n) is 10.8. The third-order valence-electron chi connectivity index (χ3n) is 8.32. The number of methoxy groups -OCH3 is 2. The number of para-hydroxylation sites is 1. The highest BCUT2D eigenvalue weighted by Gasteiger charge is 2.62. The molecule has 2 fully saturated rings. The minimum atomic E-state index is -1.10. The van der Waals surface area contributed by atoms with Gasteiger partial charge in [0.25, 0.3) is 0 Å². The van der Waals surface area contributed by atoms with E-state index in [1.807, 2.05) is 103 Å². The lowest BCUT2D eigenvalue weighted by Gasteiger charge is -2.39. The van der Waals surface area contributed by atoms with Gasteiger partial charge in [-0.2, -0.15) is 0 Å². The van der Waals surface area contributed by atoms with Crippen molar-refractivity contribution in [1.29, 1.82) is 0 Å². The molecule has 6 rings (SSSR count). The Balaban J connectivity index is 1.41. The maximum Gasteiger partial charge on any atom is 0.144 e. The van der Waals surface area contributed by atoms with Crippen LogP contribution in [0.2, 0.25) is 0 Å². The Morgan fingerprint density at radius 1 is 0.837 bits per heavy atom. The molecule has 4 aromatic rings. The van der Waals surface area contributed by atoms with Crippen molar-refractivity contribution in [1.82, 2.24) is 0 Å². The Labute approximate surface area is 252 Å². The number of aliphatic hydroxyl groups is 1. The highest BCUT2D eigenvalue weighted by atomic mass is 16.7. The number of benzene rings is 4. The Morgan fingerprint density at radius 2 is 1.42 bits per heavy atom. The molecule has 2 aliphatic heterocycles. The van der Waals surface area contributed by atoms with E-state index in [0.717, 1.165) is 33.8 Å². The van der Waals surface area contributed by atoms with Gasteiger partial charge < -0.3 is 33.5 Å². The van der Waals surface area contributed by atoms with E-state index in [0.29, 0.717) is 12.4 Å². The Hall–Kier alpha value is -4.14. The van der Waals surface area contributed by atoms with Gasteiger partial charge in [-0.3, -0.25) is 0 Å². The molecule has 7 nitrogen and oxygen atoms in total. The Morgan fingerprint density at radius 3 is 2.02 bits per heavy atom. The average Bonchev–Trinajstić information content (AvgIpc) is 3.53. The molecule has 0 spiro atoms. The molecule has 2 heterocycles. The minimum Gasteiger partial charge on any atom is -0.497 e. The zero-order valence-corrected chi connectivity index (χ0v) is 24.3. The molecule has 0 aliphatic carbocycles. The molecule has 0 saturated carbocycles. The van der Waals surface area contributed by atoms with E-state index in [-0.39, 0.29) is 13.2 Å². The summed E-state index contributed by atoms with van der Waals surface area (Å²) in [7, 11) is 3.29. The normalized spacial score (nSPS) is 22.7. The van der Waals surface area contributed by atoms with Crippen molar-refractivity contribution in [2.75, 3.05) is 34.0 Å². The molecule has 2 bridgehead atoms. The number of ether oxygens (including phenoxy) is 6. The summed E-state index contributed by atoms with van der Waals surface area (Å²) in [6.07, 6.45) is -0.308. The number of rotatable bonds is 12. The molecule has 7 heteroatoms. The molecule has 0 aromatic heterocycles. The maximum atomic E-state index is 11.6. The minimum absolute atomic E-state index is 0.0593. The highest BCUT2D eigenvalue weighted by Crippen LogP contribution is 2.51. The molecule has 0 amide bonds. The first-order valence-electron chi connectivity index (χ1n) is 14.3. The molecule has 43 heavy (non-hydrogen) atoms. The van der Waals surface area contributed by atoms with E-state index >= 15 is 0 Å². The lowest BCUT2D eigenvalue weighted by atomic mass is 9.79. The summed E-state index contributed by atoms with van der Waals surface area (Å²) in [5.41, 5.74) is 1.37. The maximum absolute atomic E-state index is 11.6. The summed E-state index contributed by atoms with van der Waals surface area (Å²) in [6.45, 7) is 4.37. The Bertz CT molecular complexity index is 1470. The molecule has 4 aromatic carbocycles. The van der Waals surface area contributed by atoms with Gasteiger partial charge in [0.2, 0.25) is 0 Å². The third-order valence-corrected chi connectivity index (χ3v) is 8.32. The van der Waals surface area contributed by atoms with E-state index in [9.17, 15) is 5.11 Å². The second kappa shape index (κ2) is 12.2. The molecular weight excluding hydrogens is 544 g/mol. The first kappa shape index (κ1) is 29.0. The summed E-state index contributed by atoms with van der Waals surface area (Å²) in [5, 5.41) is 11.6. The predicted molar refractivity (Wildman–Crippen MR) is 163 cm³/mol. The summed E-state index contributed by atoms with van der Waals surface area (Å²) in [6, 6.07) is 33.4. The van der Waals surface area contributed by atoms with Crippen LogP contribution in [-0.4, -0.2) is 57.0 Å². The molecule has 2 aliphatic rings.